The lowest BCUT2D eigenvalue weighted by Crippen LogP contribution is -2.48. The van der Waals surface area contributed by atoms with Crippen LogP contribution in [0.15, 0.2) is 0 Å². The van der Waals surface area contributed by atoms with Crippen molar-refractivity contribution in [3.63, 3.8) is 0 Å². The molecule has 2 N–H and O–H groups in total. The maximum absolute atomic E-state index is 11.7. The Morgan fingerprint density at radius 3 is 2.67 bits per heavy atom. The quantitative estimate of drug-likeness (QED) is 0.733. The van der Waals surface area contributed by atoms with Gasteiger partial charge in [-0.2, -0.15) is 0 Å². The number of amides is 2. The zero-order valence-corrected chi connectivity index (χ0v) is 11.1. The Morgan fingerprint density at radius 2 is 2.11 bits per heavy atom. The predicted molar refractivity (Wildman–Crippen MR) is 65.1 cm³/mol. The van der Waals surface area contributed by atoms with Gasteiger partial charge in [-0.05, 0) is 12.8 Å². The number of urea groups is 1. The van der Waals surface area contributed by atoms with Crippen LogP contribution in [0.5, 0.6) is 0 Å². The number of hydrogen-bond donors (Lipinski definition) is 2. The zero-order valence-electron chi connectivity index (χ0n) is 10.3. The minimum absolute atomic E-state index is 0.0362. The summed E-state index contributed by atoms with van der Waals surface area (Å²) >= 11 is 0. The van der Waals surface area contributed by atoms with Crippen LogP contribution in [-0.4, -0.2) is 61.6 Å². The molecule has 18 heavy (non-hydrogen) atoms. The van der Waals surface area contributed by atoms with Crippen LogP contribution in [0, 0.1) is 0 Å². The number of nitrogens with zero attached hydrogens (tertiary/aromatic N) is 1. The molecule has 0 aromatic carbocycles. The fourth-order valence-corrected chi connectivity index (χ4v) is 3.42. The molecule has 0 aromatic rings. The van der Waals surface area contributed by atoms with E-state index in [-0.39, 0.29) is 30.5 Å². The first-order chi connectivity index (χ1) is 8.30. The van der Waals surface area contributed by atoms with Gasteiger partial charge in [0.05, 0.1) is 17.9 Å². The van der Waals surface area contributed by atoms with E-state index in [1.807, 2.05) is 0 Å². The van der Waals surface area contributed by atoms with Crippen LogP contribution in [0.4, 0.5) is 4.79 Å². The number of nitrogens with one attached hydrogen (secondary N) is 1. The van der Waals surface area contributed by atoms with Gasteiger partial charge in [0.25, 0.3) is 0 Å². The molecular formula is C10H18N2O5S. The van der Waals surface area contributed by atoms with Crippen LogP contribution in [0.1, 0.15) is 19.3 Å². The average molecular weight is 278 g/mol. The summed E-state index contributed by atoms with van der Waals surface area (Å²) < 4.78 is 22.8. The second-order valence-electron chi connectivity index (χ2n) is 4.47. The molecule has 8 heteroatoms. The average Bonchev–Trinajstić information content (AvgIpc) is 2.24. The van der Waals surface area contributed by atoms with E-state index in [1.165, 1.54) is 11.9 Å². The lowest BCUT2D eigenvalue weighted by atomic mass is 10.2. The number of carboxylic acid groups (broad SMARTS) is 1. The van der Waals surface area contributed by atoms with Crippen molar-refractivity contribution < 1.29 is 23.1 Å². The number of hydrogen-bond acceptors (Lipinski definition) is 4. The van der Waals surface area contributed by atoms with Crippen LogP contribution < -0.4 is 5.32 Å². The molecule has 0 saturated carbocycles. The summed E-state index contributed by atoms with van der Waals surface area (Å²) in [6.45, 7) is 0.0979. The van der Waals surface area contributed by atoms with Crippen molar-refractivity contribution in [2.24, 2.45) is 0 Å². The number of sulfone groups is 1. The molecule has 0 radical (unpaired) electrons. The third kappa shape index (κ3) is 4.91. The van der Waals surface area contributed by atoms with E-state index in [4.69, 9.17) is 5.11 Å². The largest absolute Gasteiger partial charge is 0.481 e. The van der Waals surface area contributed by atoms with Gasteiger partial charge in [-0.1, -0.05) is 0 Å². The molecule has 1 saturated heterocycles. The normalized spacial score (nSPS) is 22.2. The van der Waals surface area contributed by atoms with Gasteiger partial charge < -0.3 is 15.3 Å². The van der Waals surface area contributed by atoms with Crippen LogP contribution in [0.25, 0.3) is 0 Å². The molecule has 1 rings (SSSR count). The molecule has 104 valence electrons. The Hall–Kier alpha value is -1.31. The van der Waals surface area contributed by atoms with E-state index >= 15 is 0 Å². The number of carbonyl (C=O) groups is 2. The minimum atomic E-state index is -3.06. The number of carbonyl (C=O) groups excluding carboxylic acids is 1. The Labute approximate surface area is 106 Å². The van der Waals surface area contributed by atoms with Crippen LogP contribution in [-0.2, 0) is 14.6 Å². The summed E-state index contributed by atoms with van der Waals surface area (Å²) in [6.07, 6.45) is 1.05. The van der Waals surface area contributed by atoms with Gasteiger partial charge in [0.1, 0.15) is 0 Å². The van der Waals surface area contributed by atoms with E-state index in [2.05, 4.69) is 5.32 Å². The summed E-state index contributed by atoms with van der Waals surface area (Å²) in [6, 6.07) is -0.804. The van der Waals surface area contributed by atoms with Crippen molar-refractivity contribution in [2.45, 2.75) is 25.3 Å². The van der Waals surface area contributed by atoms with Gasteiger partial charge in [0, 0.05) is 19.6 Å². The molecular weight excluding hydrogens is 260 g/mol. The zero-order chi connectivity index (χ0) is 13.8. The van der Waals surface area contributed by atoms with Crippen molar-refractivity contribution in [3.8, 4) is 0 Å². The Morgan fingerprint density at radius 1 is 1.44 bits per heavy atom. The number of carboxylic acids is 1. The van der Waals surface area contributed by atoms with Crippen molar-refractivity contribution in [1.82, 2.24) is 10.2 Å². The smallest absolute Gasteiger partial charge is 0.317 e. The molecule has 1 aliphatic heterocycles. The Bertz CT molecular complexity index is 420. The van der Waals surface area contributed by atoms with Crippen molar-refractivity contribution in [3.05, 3.63) is 0 Å². The highest BCUT2D eigenvalue weighted by molar-refractivity contribution is 7.91. The van der Waals surface area contributed by atoms with Crippen LogP contribution in [0.3, 0.4) is 0 Å². The van der Waals surface area contributed by atoms with Gasteiger partial charge in [-0.3, -0.25) is 4.79 Å². The first-order valence-corrected chi connectivity index (χ1v) is 7.56. The van der Waals surface area contributed by atoms with E-state index in [1.54, 1.807) is 0 Å². The molecule has 0 aliphatic carbocycles. The third-order valence-corrected chi connectivity index (χ3v) is 4.62. The molecule has 0 bridgehead atoms. The molecule has 2 amide bonds. The molecule has 1 fully saturated rings. The van der Waals surface area contributed by atoms with Crippen molar-refractivity contribution in [2.75, 3.05) is 25.1 Å². The van der Waals surface area contributed by atoms with Gasteiger partial charge >= 0.3 is 12.0 Å². The highest BCUT2D eigenvalue weighted by atomic mass is 32.2. The summed E-state index contributed by atoms with van der Waals surface area (Å²) in [5.41, 5.74) is 0. The first kappa shape index (κ1) is 14.7. The maximum atomic E-state index is 11.7. The Kier molecular flexibility index (Phi) is 4.94. The van der Waals surface area contributed by atoms with E-state index in [0.717, 1.165) is 0 Å². The maximum Gasteiger partial charge on any atom is 0.317 e. The van der Waals surface area contributed by atoms with Gasteiger partial charge in [-0.25, -0.2) is 13.2 Å². The standard InChI is InChI=1S/C10H18N2O5S/c1-12(5-4-9(13)14)10(15)11-8-3-2-6-18(16,17)7-8/h8H,2-7H2,1H3,(H,11,15)(H,13,14). The topological polar surface area (TPSA) is 104 Å². The summed E-state index contributed by atoms with van der Waals surface area (Å²) in [5, 5.41) is 11.1. The number of aliphatic carboxylic acids is 1. The Balaban J connectivity index is 2.41. The second-order valence-corrected chi connectivity index (χ2v) is 6.70. The molecule has 1 unspecified atom stereocenters. The first-order valence-electron chi connectivity index (χ1n) is 5.74. The SMILES string of the molecule is CN(CCC(=O)O)C(=O)NC1CCCS(=O)(=O)C1. The molecule has 0 spiro atoms. The molecule has 7 nitrogen and oxygen atoms in total. The lowest BCUT2D eigenvalue weighted by molar-refractivity contribution is -0.137. The van der Waals surface area contributed by atoms with Crippen molar-refractivity contribution >= 4 is 21.8 Å². The summed E-state index contributed by atoms with van der Waals surface area (Å²) in [5.74, 6) is -0.838. The summed E-state index contributed by atoms with van der Waals surface area (Å²) in [7, 11) is -1.57. The predicted octanol–water partition coefficient (Wildman–Crippen LogP) is -0.320. The number of rotatable bonds is 4. The lowest BCUT2D eigenvalue weighted by Gasteiger charge is -2.25. The molecule has 1 atom stereocenters. The molecule has 1 heterocycles. The fraction of sp³-hybridized carbons (Fsp3) is 0.800. The van der Waals surface area contributed by atoms with E-state index < -0.39 is 21.8 Å². The van der Waals surface area contributed by atoms with E-state index in [9.17, 15) is 18.0 Å². The molecule has 1 aliphatic rings. The minimum Gasteiger partial charge on any atom is -0.481 e. The monoisotopic (exact) mass is 278 g/mol. The van der Waals surface area contributed by atoms with Gasteiger partial charge in [0.2, 0.25) is 0 Å². The second kappa shape index (κ2) is 6.03. The third-order valence-electron chi connectivity index (χ3n) is 2.80. The van der Waals surface area contributed by atoms with Crippen LogP contribution in [0.2, 0.25) is 0 Å². The fourth-order valence-electron chi connectivity index (χ4n) is 1.79. The van der Waals surface area contributed by atoms with Gasteiger partial charge in [-0.15, -0.1) is 0 Å². The summed E-state index contributed by atoms with van der Waals surface area (Å²) in [4.78, 5) is 23.3. The van der Waals surface area contributed by atoms with E-state index in [0.29, 0.717) is 12.8 Å². The van der Waals surface area contributed by atoms with Gasteiger partial charge in [0.15, 0.2) is 9.84 Å². The highest BCUT2D eigenvalue weighted by Crippen LogP contribution is 2.12. The highest BCUT2D eigenvalue weighted by Gasteiger charge is 2.26. The molecule has 0 aromatic heterocycles. The van der Waals surface area contributed by atoms with Crippen LogP contribution >= 0.6 is 0 Å². The van der Waals surface area contributed by atoms with Crippen molar-refractivity contribution in [1.29, 1.82) is 0 Å².